The molecule has 16 nitrogen and oxygen atoms in total. The number of carboxylic acid groups (broad SMARTS) is 3. The van der Waals surface area contributed by atoms with Gasteiger partial charge in [0, 0.05) is 17.9 Å². The Balaban J connectivity index is 1.65. The second kappa shape index (κ2) is 16.9. The van der Waals surface area contributed by atoms with Gasteiger partial charge in [0.1, 0.15) is 42.7 Å². The molecule has 2 aliphatic rings. The van der Waals surface area contributed by atoms with E-state index < -0.39 is 70.4 Å². The Morgan fingerprint density at radius 2 is 1.47 bits per heavy atom. The Bertz CT molecular complexity index is 2860. The fraction of sp³-hybridized carbons (Fsp3) is 0.229. The van der Waals surface area contributed by atoms with Crippen molar-refractivity contribution in [2.45, 2.75) is 37.8 Å². The lowest BCUT2D eigenvalue weighted by Gasteiger charge is -2.22. The molecule has 4 heterocycles. The summed E-state index contributed by atoms with van der Waals surface area (Å²) in [6, 6.07) is 15.0. The molecule has 1 saturated heterocycles. The smallest absolute Gasteiger partial charge is 0.323 e. The maximum atomic E-state index is 14.2. The molecular weight excluding hydrogens is 861 g/mol. The topological polar surface area (TPSA) is 234 Å². The van der Waals surface area contributed by atoms with Gasteiger partial charge in [-0.2, -0.15) is 8.42 Å². The normalized spacial score (nSPS) is 17.1. The number of fused-ring (bicyclic) bond motifs is 1. The van der Waals surface area contributed by atoms with Crippen molar-refractivity contribution in [1.29, 1.82) is 0 Å². The molecule has 0 bridgehead atoms. The summed E-state index contributed by atoms with van der Waals surface area (Å²) in [4.78, 5) is 80.4. The Hall–Kier alpha value is -4.84. The van der Waals surface area contributed by atoms with E-state index in [1.54, 1.807) is 6.08 Å². The quantitative estimate of drug-likeness (QED) is 0.111. The van der Waals surface area contributed by atoms with Crippen molar-refractivity contribution in [1.82, 2.24) is 14.0 Å². The molecule has 2 aromatic heterocycles. The van der Waals surface area contributed by atoms with Crippen LogP contribution < -0.4 is 25.2 Å². The molecule has 1 amide bonds. The summed E-state index contributed by atoms with van der Waals surface area (Å²) in [6.07, 6.45) is 1.90. The number of aliphatic carboxylic acids is 3. The van der Waals surface area contributed by atoms with Crippen molar-refractivity contribution in [3.63, 3.8) is 0 Å². The molecule has 298 valence electrons. The van der Waals surface area contributed by atoms with Gasteiger partial charge in [0.2, 0.25) is 0 Å². The van der Waals surface area contributed by atoms with Crippen LogP contribution in [0.3, 0.4) is 0 Å². The van der Waals surface area contributed by atoms with E-state index in [1.165, 1.54) is 11.8 Å². The molecule has 0 unspecified atom stereocenters. The molecule has 2 aliphatic heterocycles. The van der Waals surface area contributed by atoms with Crippen LogP contribution >= 0.6 is 58.4 Å². The summed E-state index contributed by atoms with van der Waals surface area (Å²) in [5.74, 6) is -5.59. The Kier molecular flexibility index (Phi) is 12.4. The van der Waals surface area contributed by atoms with Gasteiger partial charge in [0.05, 0.1) is 21.0 Å². The molecule has 0 atom stereocenters. The molecule has 2 aromatic carbocycles. The molecule has 4 aromatic rings. The van der Waals surface area contributed by atoms with Crippen LogP contribution in [0.2, 0.25) is 0 Å². The summed E-state index contributed by atoms with van der Waals surface area (Å²) in [5, 5.41) is 29.5. The first kappa shape index (κ1) is 41.8. The molecule has 0 saturated carbocycles. The maximum Gasteiger partial charge on any atom is 0.323 e. The van der Waals surface area contributed by atoms with Crippen molar-refractivity contribution in [3.05, 3.63) is 109 Å². The van der Waals surface area contributed by atoms with Crippen molar-refractivity contribution in [2.24, 2.45) is 0 Å². The first-order valence-electron chi connectivity index (χ1n) is 16.6. The number of rotatable bonds is 13. The van der Waals surface area contributed by atoms with E-state index in [0.29, 0.717) is 33.7 Å². The van der Waals surface area contributed by atoms with Gasteiger partial charge in [0.15, 0.2) is 0 Å². The number of benzene rings is 2. The van der Waals surface area contributed by atoms with Crippen LogP contribution in [0.5, 0.6) is 0 Å². The summed E-state index contributed by atoms with van der Waals surface area (Å²) < 4.78 is 33.8. The van der Waals surface area contributed by atoms with Crippen LogP contribution in [0.15, 0.2) is 73.6 Å². The number of amides is 1. The molecule has 0 aliphatic carbocycles. The highest BCUT2D eigenvalue weighted by Crippen LogP contribution is 2.48. The fourth-order valence-corrected chi connectivity index (χ4v) is 11.6. The maximum absolute atomic E-state index is 14.2. The minimum Gasteiger partial charge on any atom is -0.480 e. The standard InChI is InChI=1S/C35H30N4O12S6/c1-18-8-9-21-22(12-18)53-32(36(21)10-5-11-57(49,50)51)20(13-19-6-3-2-4-7-19)14-23-29(46)37(15-24(40)41)33(54-23)27-30(47)38(16-25(42)43)34(55-27)28-31(48)39(17-26(44)45)35(52)56-28/h2-4,6-9,12,14H,5,10-11,13,15-17H2,1H3,(H,40,41)(H,42,43)(H,44,45)(H,49,50,51)/b23-14?,32-20?,33-27+,34-28?. The van der Waals surface area contributed by atoms with E-state index in [0.717, 1.165) is 47.1 Å². The number of carbonyl (C=O) groups excluding carboxylic acids is 1. The van der Waals surface area contributed by atoms with E-state index in [4.69, 9.17) is 12.2 Å². The summed E-state index contributed by atoms with van der Waals surface area (Å²) in [6.45, 7) is -0.483. The number of hydrogen-bond donors (Lipinski definition) is 4. The minimum atomic E-state index is -4.27. The van der Waals surface area contributed by atoms with Crippen molar-refractivity contribution in [3.8, 4) is 0 Å². The van der Waals surface area contributed by atoms with Crippen LogP contribution in [-0.4, -0.2) is 89.3 Å². The van der Waals surface area contributed by atoms with Crippen molar-refractivity contribution < 1.29 is 47.5 Å². The second-order valence-electron chi connectivity index (χ2n) is 12.6. The number of carboxylic acids is 3. The van der Waals surface area contributed by atoms with Crippen LogP contribution in [-0.2, 0) is 48.8 Å². The van der Waals surface area contributed by atoms with Gasteiger partial charge in [-0.15, -0.1) is 22.7 Å². The zero-order valence-electron chi connectivity index (χ0n) is 29.4. The number of aryl methyl sites for hydroxylation is 1. The van der Waals surface area contributed by atoms with Gasteiger partial charge in [-0.25, -0.2) is 0 Å². The number of carbonyl (C=O) groups is 4. The summed E-state index contributed by atoms with van der Waals surface area (Å²) >= 11 is 8.70. The average Bonchev–Trinajstić information content (AvgIpc) is 3.82. The molecular formula is C35H30N4O12S6. The molecule has 57 heavy (non-hydrogen) atoms. The highest BCUT2D eigenvalue weighted by molar-refractivity contribution is 8.30. The van der Waals surface area contributed by atoms with Gasteiger partial charge >= 0.3 is 17.9 Å². The summed E-state index contributed by atoms with van der Waals surface area (Å²) in [5.41, 5.74) is 1.46. The number of thioether (sulfide) groups is 2. The van der Waals surface area contributed by atoms with Gasteiger partial charge in [0.25, 0.3) is 27.1 Å². The van der Waals surface area contributed by atoms with Gasteiger partial charge in [-0.1, -0.05) is 72.1 Å². The molecule has 22 heteroatoms. The second-order valence-corrected chi connectivity index (χ2v) is 18.8. The third-order valence-corrected chi connectivity index (χ3v) is 14.4. The third-order valence-electron chi connectivity index (χ3n) is 8.37. The number of hydrogen-bond acceptors (Lipinski definition) is 14. The van der Waals surface area contributed by atoms with Crippen molar-refractivity contribution in [2.75, 3.05) is 23.7 Å². The fourth-order valence-electron chi connectivity index (χ4n) is 5.98. The van der Waals surface area contributed by atoms with Crippen molar-refractivity contribution >= 4 is 113 Å². The molecule has 0 radical (unpaired) electrons. The molecule has 6 rings (SSSR count). The number of anilines is 1. The SMILES string of the molecule is Cc1ccc2c(c1)SC(=C(C=c1s/c(=c3/sc(=C4SC(=S)N(CC(=O)O)C4=O)n(CC(=O)O)c3=O)n(CC(=O)O)c1=O)Cc1ccccc1)N2CCCS(=O)(=O)O. The number of allylic oxidation sites excluding steroid dienone is 1. The first-order chi connectivity index (χ1) is 26.9. The summed E-state index contributed by atoms with van der Waals surface area (Å²) in [7, 11) is -4.27. The van der Waals surface area contributed by atoms with E-state index in [9.17, 15) is 57.1 Å². The van der Waals surface area contributed by atoms with Gasteiger partial charge in [-0.3, -0.25) is 47.4 Å². The number of thiocarbonyl (C=S) groups is 1. The predicted octanol–water partition coefficient (Wildman–Crippen LogP) is 2.08. The highest BCUT2D eigenvalue weighted by atomic mass is 32.2. The van der Waals surface area contributed by atoms with E-state index in [2.05, 4.69) is 0 Å². The molecule has 4 N–H and O–H groups in total. The van der Waals surface area contributed by atoms with Crippen LogP contribution in [0.4, 0.5) is 5.69 Å². The highest BCUT2D eigenvalue weighted by Gasteiger charge is 2.36. The van der Waals surface area contributed by atoms with Gasteiger partial charge in [-0.05, 0) is 48.3 Å². The number of thiazole rings is 2. The van der Waals surface area contributed by atoms with E-state index in [1.807, 2.05) is 60.4 Å². The zero-order valence-corrected chi connectivity index (χ0v) is 34.3. The molecule has 0 spiro atoms. The largest absolute Gasteiger partial charge is 0.480 e. The van der Waals surface area contributed by atoms with Crippen LogP contribution in [0.1, 0.15) is 17.5 Å². The number of nitrogens with zero attached hydrogens (tertiary/aromatic N) is 4. The lowest BCUT2D eigenvalue weighted by Crippen LogP contribution is -2.35. The Morgan fingerprint density at radius 1 is 0.825 bits per heavy atom. The van der Waals surface area contributed by atoms with Crippen LogP contribution in [0.25, 0.3) is 11.0 Å². The Labute approximate surface area is 343 Å². The molecule has 1 fully saturated rings. The third kappa shape index (κ3) is 9.32. The van der Waals surface area contributed by atoms with Gasteiger partial charge < -0.3 is 20.2 Å². The van der Waals surface area contributed by atoms with Crippen LogP contribution in [0, 0.1) is 16.1 Å². The van der Waals surface area contributed by atoms with E-state index >= 15 is 0 Å². The zero-order chi connectivity index (χ0) is 41.3. The minimum absolute atomic E-state index is 0.0159. The Morgan fingerprint density at radius 3 is 2.11 bits per heavy atom. The monoisotopic (exact) mass is 890 g/mol. The number of aromatic nitrogens is 2. The average molecular weight is 891 g/mol. The first-order valence-corrected chi connectivity index (χ1v) is 21.9. The lowest BCUT2D eigenvalue weighted by molar-refractivity contribution is -0.140. The lowest BCUT2D eigenvalue weighted by atomic mass is 10.1. The predicted molar refractivity (Wildman–Crippen MR) is 219 cm³/mol. The van der Waals surface area contributed by atoms with E-state index in [-0.39, 0.29) is 47.0 Å².